The summed E-state index contributed by atoms with van der Waals surface area (Å²) in [4.78, 5) is 0. The van der Waals surface area contributed by atoms with E-state index in [9.17, 15) is 0 Å². The van der Waals surface area contributed by atoms with Crippen LogP contribution in [0.5, 0.6) is 5.75 Å². The molecule has 0 aromatic heterocycles. The van der Waals surface area contributed by atoms with E-state index in [-0.39, 0.29) is 6.10 Å². The highest BCUT2D eigenvalue weighted by molar-refractivity contribution is 6.32. The molecule has 3 nitrogen and oxygen atoms in total. The van der Waals surface area contributed by atoms with Crippen molar-refractivity contribution in [2.45, 2.75) is 44.4 Å². The molecule has 0 aliphatic heterocycles. The summed E-state index contributed by atoms with van der Waals surface area (Å²) in [5.74, 6) is 0.781. The molecule has 19 heavy (non-hydrogen) atoms. The molecule has 2 rings (SSSR count). The van der Waals surface area contributed by atoms with Crippen molar-refractivity contribution in [3.05, 3.63) is 28.8 Å². The van der Waals surface area contributed by atoms with Gasteiger partial charge in [-0.15, -0.1) is 0 Å². The average Bonchev–Trinajstić information content (AvgIpc) is 2.42. The molecule has 2 unspecified atom stereocenters. The molecule has 0 amide bonds. The fourth-order valence-corrected chi connectivity index (χ4v) is 2.80. The lowest BCUT2D eigenvalue weighted by molar-refractivity contribution is 0.0210. The Morgan fingerprint density at radius 1 is 1.32 bits per heavy atom. The number of benzene rings is 1. The number of halogens is 1. The van der Waals surface area contributed by atoms with Crippen LogP contribution in [-0.4, -0.2) is 26.4 Å². The van der Waals surface area contributed by atoms with Gasteiger partial charge in [0, 0.05) is 20.1 Å². The Morgan fingerprint density at radius 2 is 2.11 bits per heavy atom. The second-order valence-electron chi connectivity index (χ2n) is 5.06. The number of rotatable bonds is 5. The fourth-order valence-electron chi connectivity index (χ4n) is 2.56. The maximum absolute atomic E-state index is 6.27. The Kier molecular flexibility index (Phi) is 5.49. The number of hydrogen-bond acceptors (Lipinski definition) is 3. The predicted octanol–water partition coefficient (Wildman–Crippen LogP) is 3.40. The molecule has 0 saturated heterocycles. The normalized spacial score (nSPS) is 23.3. The Labute approximate surface area is 120 Å². The van der Waals surface area contributed by atoms with Crippen molar-refractivity contribution >= 4 is 11.6 Å². The Morgan fingerprint density at radius 3 is 2.79 bits per heavy atom. The molecule has 0 bridgehead atoms. The van der Waals surface area contributed by atoms with E-state index < -0.39 is 0 Å². The van der Waals surface area contributed by atoms with E-state index in [0.29, 0.717) is 11.1 Å². The summed E-state index contributed by atoms with van der Waals surface area (Å²) in [5.41, 5.74) is 1.17. The van der Waals surface area contributed by atoms with Gasteiger partial charge in [0.2, 0.25) is 0 Å². The minimum Gasteiger partial charge on any atom is -0.489 e. The van der Waals surface area contributed by atoms with Gasteiger partial charge in [-0.2, -0.15) is 0 Å². The fraction of sp³-hybridized carbons (Fsp3) is 0.600. The molecule has 1 N–H and O–H groups in total. The summed E-state index contributed by atoms with van der Waals surface area (Å²) in [7, 11) is 3.69. The van der Waals surface area contributed by atoms with E-state index in [1.54, 1.807) is 7.11 Å². The maximum Gasteiger partial charge on any atom is 0.138 e. The number of methoxy groups -OCH3 is 1. The zero-order valence-corrected chi connectivity index (χ0v) is 12.4. The first-order chi connectivity index (χ1) is 9.22. The summed E-state index contributed by atoms with van der Waals surface area (Å²) in [5, 5.41) is 3.80. The molecule has 1 saturated carbocycles. The third kappa shape index (κ3) is 4.10. The van der Waals surface area contributed by atoms with Gasteiger partial charge in [0.25, 0.3) is 0 Å². The van der Waals surface area contributed by atoms with Gasteiger partial charge in [-0.05, 0) is 44.0 Å². The van der Waals surface area contributed by atoms with Gasteiger partial charge >= 0.3 is 0 Å². The van der Waals surface area contributed by atoms with Crippen LogP contribution in [0.2, 0.25) is 5.02 Å². The summed E-state index contributed by atoms with van der Waals surface area (Å²) in [6.07, 6.45) is 4.84. The Hall–Kier alpha value is -0.770. The van der Waals surface area contributed by atoms with Crippen molar-refractivity contribution in [2.75, 3.05) is 14.2 Å². The zero-order valence-electron chi connectivity index (χ0n) is 11.6. The second kappa shape index (κ2) is 7.13. The lowest BCUT2D eigenvalue weighted by Crippen LogP contribution is -2.29. The van der Waals surface area contributed by atoms with Gasteiger partial charge in [-0.1, -0.05) is 17.7 Å². The minimum atomic E-state index is 0.214. The number of nitrogens with one attached hydrogen (secondary N) is 1. The van der Waals surface area contributed by atoms with Crippen LogP contribution in [0.3, 0.4) is 0 Å². The first-order valence-corrected chi connectivity index (χ1v) is 7.23. The van der Waals surface area contributed by atoms with Crippen LogP contribution in [0.25, 0.3) is 0 Å². The molecule has 1 aromatic rings. The quantitative estimate of drug-likeness (QED) is 0.898. The lowest BCUT2D eigenvalue weighted by atomic mass is 9.95. The molecule has 0 heterocycles. The van der Waals surface area contributed by atoms with Crippen LogP contribution in [0, 0.1) is 0 Å². The molecule has 0 spiro atoms. The Bertz CT molecular complexity index is 411. The summed E-state index contributed by atoms with van der Waals surface area (Å²) in [6.45, 7) is 0.815. The molecule has 1 aliphatic rings. The number of hydrogen-bond donors (Lipinski definition) is 1. The molecule has 4 heteroatoms. The van der Waals surface area contributed by atoms with Gasteiger partial charge in [0.15, 0.2) is 0 Å². The van der Waals surface area contributed by atoms with Gasteiger partial charge in [-0.25, -0.2) is 0 Å². The molecule has 1 fully saturated rings. The first-order valence-electron chi connectivity index (χ1n) is 6.85. The van der Waals surface area contributed by atoms with Crippen LogP contribution < -0.4 is 10.1 Å². The lowest BCUT2D eigenvalue weighted by Gasteiger charge is -2.29. The van der Waals surface area contributed by atoms with Crippen molar-refractivity contribution in [2.24, 2.45) is 0 Å². The molecule has 106 valence electrons. The molecule has 1 aliphatic carbocycles. The highest BCUT2D eigenvalue weighted by atomic mass is 35.5. The van der Waals surface area contributed by atoms with Gasteiger partial charge < -0.3 is 14.8 Å². The zero-order chi connectivity index (χ0) is 13.7. The van der Waals surface area contributed by atoms with Crippen LogP contribution in [-0.2, 0) is 11.3 Å². The van der Waals surface area contributed by atoms with Crippen LogP contribution in [0.15, 0.2) is 18.2 Å². The SMILES string of the molecule is CNCc1ccc(OC2CCCC(OC)C2)c(Cl)c1. The third-order valence-corrected chi connectivity index (χ3v) is 3.88. The van der Waals surface area contributed by atoms with Crippen LogP contribution in [0.4, 0.5) is 0 Å². The molecule has 1 aromatic carbocycles. The van der Waals surface area contributed by atoms with E-state index in [1.807, 2.05) is 25.2 Å². The van der Waals surface area contributed by atoms with E-state index in [1.165, 1.54) is 5.56 Å². The number of ether oxygens (including phenoxy) is 2. The van der Waals surface area contributed by atoms with Crippen molar-refractivity contribution in [3.63, 3.8) is 0 Å². The Balaban J connectivity index is 1.98. The largest absolute Gasteiger partial charge is 0.489 e. The van der Waals surface area contributed by atoms with E-state index >= 15 is 0 Å². The molecular weight excluding hydrogens is 262 g/mol. The van der Waals surface area contributed by atoms with Crippen LogP contribution >= 0.6 is 11.6 Å². The summed E-state index contributed by atoms with van der Waals surface area (Å²) < 4.78 is 11.4. The summed E-state index contributed by atoms with van der Waals surface area (Å²) in [6, 6.07) is 5.98. The molecular formula is C15H22ClNO2. The van der Waals surface area contributed by atoms with E-state index in [2.05, 4.69) is 5.32 Å². The average molecular weight is 284 g/mol. The van der Waals surface area contributed by atoms with Crippen molar-refractivity contribution in [1.82, 2.24) is 5.32 Å². The smallest absolute Gasteiger partial charge is 0.138 e. The second-order valence-corrected chi connectivity index (χ2v) is 5.47. The molecule has 2 atom stereocenters. The van der Waals surface area contributed by atoms with Crippen LogP contribution in [0.1, 0.15) is 31.2 Å². The van der Waals surface area contributed by atoms with Crippen molar-refractivity contribution in [1.29, 1.82) is 0 Å². The maximum atomic E-state index is 6.27. The standard InChI is InChI=1S/C15H22ClNO2/c1-17-10-11-6-7-15(14(16)8-11)19-13-5-3-4-12(9-13)18-2/h6-8,12-13,17H,3-5,9-10H2,1-2H3. The monoisotopic (exact) mass is 283 g/mol. The van der Waals surface area contributed by atoms with Crippen molar-refractivity contribution in [3.8, 4) is 5.75 Å². The topological polar surface area (TPSA) is 30.5 Å². The first kappa shape index (κ1) is 14.6. The van der Waals surface area contributed by atoms with Gasteiger partial charge in [-0.3, -0.25) is 0 Å². The molecule has 0 radical (unpaired) electrons. The highest BCUT2D eigenvalue weighted by Crippen LogP contribution is 2.30. The van der Waals surface area contributed by atoms with Crippen molar-refractivity contribution < 1.29 is 9.47 Å². The van der Waals surface area contributed by atoms with E-state index in [4.69, 9.17) is 21.1 Å². The predicted molar refractivity (Wildman–Crippen MR) is 77.9 cm³/mol. The van der Waals surface area contributed by atoms with E-state index in [0.717, 1.165) is 38.0 Å². The third-order valence-electron chi connectivity index (χ3n) is 3.58. The van der Waals surface area contributed by atoms with Gasteiger partial charge in [0.05, 0.1) is 11.1 Å². The summed E-state index contributed by atoms with van der Waals surface area (Å²) >= 11 is 6.27. The minimum absolute atomic E-state index is 0.214. The van der Waals surface area contributed by atoms with Gasteiger partial charge in [0.1, 0.15) is 11.9 Å². The highest BCUT2D eigenvalue weighted by Gasteiger charge is 2.23.